The average molecular weight is 291 g/mol. The van der Waals surface area contributed by atoms with E-state index in [1.165, 1.54) is 26.1 Å². The highest BCUT2D eigenvalue weighted by atomic mass is 79.9. The standard InChI is InChI=1S/C14H11BrS/c15-13-5-6-14-12(8-13)7-10-3-1-2-4-11(10)9-16-14/h1-6,8H,7,9H2. The summed E-state index contributed by atoms with van der Waals surface area (Å²) >= 11 is 5.49. The van der Waals surface area contributed by atoms with E-state index in [0.717, 1.165) is 12.2 Å². The van der Waals surface area contributed by atoms with Crippen molar-refractivity contribution in [3.05, 3.63) is 63.6 Å². The topological polar surface area (TPSA) is 0 Å². The number of rotatable bonds is 0. The van der Waals surface area contributed by atoms with Crippen molar-refractivity contribution in [2.75, 3.05) is 0 Å². The molecule has 0 saturated carbocycles. The van der Waals surface area contributed by atoms with Crippen molar-refractivity contribution in [2.45, 2.75) is 17.1 Å². The Morgan fingerprint density at radius 1 is 0.938 bits per heavy atom. The quantitative estimate of drug-likeness (QED) is 0.681. The van der Waals surface area contributed by atoms with Crippen LogP contribution in [0.4, 0.5) is 0 Å². The zero-order chi connectivity index (χ0) is 11.0. The van der Waals surface area contributed by atoms with Gasteiger partial charge in [-0.05, 0) is 41.3 Å². The SMILES string of the molecule is Brc1ccc2c(c1)Cc1ccccc1CS2. The molecule has 0 amide bonds. The van der Waals surface area contributed by atoms with Gasteiger partial charge in [0.1, 0.15) is 0 Å². The number of halogens is 1. The molecule has 0 bridgehead atoms. The predicted molar refractivity (Wildman–Crippen MR) is 73.0 cm³/mol. The summed E-state index contributed by atoms with van der Waals surface area (Å²) in [5.74, 6) is 1.09. The molecule has 1 aliphatic heterocycles. The summed E-state index contributed by atoms with van der Waals surface area (Å²) < 4.78 is 1.17. The van der Waals surface area contributed by atoms with Crippen LogP contribution < -0.4 is 0 Å². The van der Waals surface area contributed by atoms with Crippen LogP contribution in [0.2, 0.25) is 0 Å². The first-order valence-electron chi connectivity index (χ1n) is 5.31. The molecule has 0 spiro atoms. The first-order valence-corrected chi connectivity index (χ1v) is 7.09. The fourth-order valence-corrected chi connectivity index (χ4v) is 3.54. The first-order chi connectivity index (χ1) is 7.83. The van der Waals surface area contributed by atoms with E-state index in [1.807, 2.05) is 11.8 Å². The van der Waals surface area contributed by atoms with Crippen molar-refractivity contribution in [3.8, 4) is 0 Å². The van der Waals surface area contributed by atoms with Crippen molar-refractivity contribution in [3.63, 3.8) is 0 Å². The van der Waals surface area contributed by atoms with Crippen molar-refractivity contribution < 1.29 is 0 Å². The number of thioether (sulfide) groups is 1. The molecule has 0 saturated heterocycles. The third-order valence-electron chi connectivity index (χ3n) is 2.90. The normalized spacial score (nSPS) is 13.8. The average Bonchev–Trinajstić information content (AvgIpc) is 2.47. The molecule has 1 aliphatic rings. The van der Waals surface area contributed by atoms with E-state index in [1.54, 1.807) is 0 Å². The van der Waals surface area contributed by atoms with Gasteiger partial charge < -0.3 is 0 Å². The Kier molecular flexibility index (Phi) is 2.78. The van der Waals surface area contributed by atoms with Crippen LogP contribution in [-0.4, -0.2) is 0 Å². The molecule has 0 unspecified atom stereocenters. The summed E-state index contributed by atoms with van der Waals surface area (Å²) in [5.41, 5.74) is 4.37. The van der Waals surface area contributed by atoms with Gasteiger partial charge >= 0.3 is 0 Å². The second-order valence-corrected chi connectivity index (χ2v) is 5.92. The van der Waals surface area contributed by atoms with Crippen LogP contribution in [-0.2, 0) is 12.2 Å². The van der Waals surface area contributed by atoms with Gasteiger partial charge in [-0.15, -0.1) is 11.8 Å². The van der Waals surface area contributed by atoms with Crippen molar-refractivity contribution >= 4 is 27.7 Å². The molecular formula is C14H11BrS. The van der Waals surface area contributed by atoms with Gasteiger partial charge in [-0.1, -0.05) is 40.2 Å². The Labute approximate surface area is 108 Å². The molecule has 2 aromatic carbocycles. The van der Waals surface area contributed by atoms with Gasteiger partial charge in [0.05, 0.1) is 0 Å². The molecular weight excluding hydrogens is 280 g/mol. The molecule has 80 valence electrons. The molecule has 16 heavy (non-hydrogen) atoms. The summed E-state index contributed by atoms with van der Waals surface area (Å²) in [7, 11) is 0. The summed E-state index contributed by atoms with van der Waals surface area (Å²) in [6.45, 7) is 0. The highest BCUT2D eigenvalue weighted by Crippen LogP contribution is 2.34. The summed E-state index contributed by atoms with van der Waals surface area (Å²) in [6, 6.07) is 15.3. The van der Waals surface area contributed by atoms with Crippen LogP contribution in [0.25, 0.3) is 0 Å². The number of hydrogen-bond donors (Lipinski definition) is 0. The number of hydrogen-bond acceptors (Lipinski definition) is 1. The van der Waals surface area contributed by atoms with E-state index in [2.05, 4.69) is 58.4 Å². The lowest BCUT2D eigenvalue weighted by Gasteiger charge is -2.05. The highest BCUT2D eigenvalue weighted by Gasteiger charge is 2.12. The maximum Gasteiger partial charge on any atom is 0.0234 e. The Morgan fingerprint density at radius 3 is 2.62 bits per heavy atom. The summed E-state index contributed by atoms with van der Waals surface area (Å²) in [5, 5.41) is 0. The molecule has 0 aliphatic carbocycles. The van der Waals surface area contributed by atoms with Gasteiger partial charge in [0, 0.05) is 15.1 Å². The summed E-state index contributed by atoms with van der Waals surface area (Å²) in [4.78, 5) is 1.42. The van der Waals surface area contributed by atoms with E-state index in [9.17, 15) is 0 Å². The molecule has 0 N–H and O–H groups in total. The van der Waals surface area contributed by atoms with Gasteiger partial charge in [0.2, 0.25) is 0 Å². The van der Waals surface area contributed by atoms with Crippen LogP contribution in [0.5, 0.6) is 0 Å². The molecule has 0 radical (unpaired) electrons. The fourth-order valence-electron chi connectivity index (χ4n) is 2.06. The maximum absolute atomic E-state index is 3.55. The minimum absolute atomic E-state index is 1.05. The van der Waals surface area contributed by atoms with E-state index < -0.39 is 0 Å². The second-order valence-electron chi connectivity index (χ2n) is 3.99. The largest absolute Gasteiger partial charge is 0.121 e. The zero-order valence-electron chi connectivity index (χ0n) is 8.74. The smallest absolute Gasteiger partial charge is 0.0234 e. The molecule has 2 heteroatoms. The minimum Gasteiger partial charge on any atom is -0.121 e. The van der Waals surface area contributed by atoms with Gasteiger partial charge in [-0.3, -0.25) is 0 Å². The Balaban J connectivity index is 2.10. The van der Waals surface area contributed by atoms with Gasteiger partial charge in [0.15, 0.2) is 0 Å². The Hall–Kier alpha value is -0.730. The molecule has 0 atom stereocenters. The maximum atomic E-state index is 3.55. The van der Waals surface area contributed by atoms with Gasteiger partial charge in [-0.2, -0.15) is 0 Å². The fraction of sp³-hybridized carbons (Fsp3) is 0.143. The molecule has 3 rings (SSSR count). The molecule has 0 fully saturated rings. The predicted octanol–water partition coefficient (Wildman–Crippen LogP) is 4.65. The van der Waals surface area contributed by atoms with Crippen LogP contribution in [0, 0.1) is 0 Å². The minimum atomic E-state index is 1.05. The Morgan fingerprint density at radius 2 is 1.75 bits per heavy atom. The van der Waals surface area contributed by atoms with E-state index >= 15 is 0 Å². The highest BCUT2D eigenvalue weighted by molar-refractivity contribution is 9.10. The number of benzene rings is 2. The zero-order valence-corrected chi connectivity index (χ0v) is 11.1. The lowest BCUT2D eigenvalue weighted by Crippen LogP contribution is -1.91. The monoisotopic (exact) mass is 290 g/mol. The number of fused-ring (bicyclic) bond motifs is 2. The molecule has 1 heterocycles. The van der Waals surface area contributed by atoms with Crippen molar-refractivity contribution in [1.29, 1.82) is 0 Å². The lowest BCUT2D eigenvalue weighted by molar-refractivity contribution is 1.12. The summed E-state index contributed by atoms with van der Waals surface area (Å²) in [6.07, 6.45) is 1.05. The van der Waals surface area contributed by atoms with Crippen LogP contribution in [0.3, 0.4) is 0 Å². The third kappa shape index (κ3) is 1.92. The van der Waals surface area contributed by atoms with Crippen LogP contribution in [0.15, 0.2) is 51.8 Å². The van der Waals surface area contributed by atoms with Crippen molar-refractivity contribution in [2.24, 2.45) is 0 Å². The molecule has 0 aromatic heterocycles. The van der Waals surface area contributed by atoms with Crippen LogP contribution >= 0.6 is 27.7 Å². The van der Waals surface area contributed by atoms with E-state index in [-0.39, 0.29) is 0 Å². The van der Waals surface area contributed by atoms with E-state index in [0.29, 0.717) is 0 Å². The van der Waals surface area contributed by atoms with Gasteiger partial charge in [0.25, 0.3) is 0 Å². The van der Waals surface area contributed by atoms with Crippen molar-refractivity contribution in [1.82, 2.24) is 0 Å². The third-order valence-corrected chi connectivity index (χ3v) is 4.56. The second kappa shape index (κ2) is 4.27. The van der Waals surface area contributed by atoms with E-state index in [4.69, 9.17) is 0 Å². The lowest BCUT2D eigenvalue weighted by atomic mass is 10.0. The first kappa shape index (κ1) is 10.4. The molecule has 2 aromatic rings. The Bertz CT molecular complexity index is 534. The molecule has 0 nitrogen and oxygen atoms in total. The van der Waals surface area contributed by atoms with Gasteiger partial charge in [-0.25, -0.2) is 0 Å². The van der Waals surface area contributed by atoms with Crippen LogP contribution in [0.1, 0.15) is 16.7 Å².